The summed E-state index contributed by atoms with van der Waals surface area (Å²) in [6, 6.07) is 7.54. The summed E-state index contributed by atoms with van der Waals surface area (Å²) in [5.74, 6) is 0.850. The zero-order valence-electron chi connectivity index (χ0n) is 12.6. The van der Waals surface area contributed by atoms with Crippen molar-refractivity contribution >= 4 is 11.6 Å². The fourth-order valence-corrected chi connectivity index (χ4v) is 1.91. The van der Waals surface area contributed by atoms with Crippen LogP contribution in [0, 0.1) is 0 Å². The van der Waals surface area contributed by atoms with Crippen molar-refractivity contribution in [1.29, 1.82) is 0 Å². The molecule has 0 aliphatic carbocycles. The van der Waals surface area contributed by atoms with Crippen LogP contribution in [-0.2, 0) is 4.79 Å². The largest absolute Gasteiger partial charge is 0.497 e. The van der Waals surface area contributed by atoms with E-state index in [4.69, 9.17) is 4.74 Å². The maximum Gasteiger partial charge on any atom is 0.239 e. The highest BCUT2D eigenvalue weighted by Crippen LogP contribution is 2.14. The molecular formula is C16H26N2O2. The van der Waals surface area contributed by atoms with E-state index in [0.29, 0.717) is 6.54 Å². The average Bonchev–Trinajstić information content (AvgIpc) is 2.49. The number of unbranched alkanes of at least 4 members (excludes halogenated alkanes) is 4. The van der Waals surface area contributed by atoms with Gasteiger partial charge in [0, 0.05) is 12.2 Å². The second kappa shape index (κ2) is 10.1. The van der Waals surface area contributed by atoms with Gasteiger partial charge < -0.3 is 15.4 Å². The Kier molecular flexibility index (Phi) is 8.27. The molecule has 0 aliphatic rings. The molecule has 2 N–H and O–H groups in total. The van der Waals surface area contributed by atoms with Crippen molar-refractivity contribution < 1.29 is 9.53 Å². The summed E-state index contributed by atoms with van der Waals surface area (Å²) in [6.07, 6.45) is 6.05. The first kappa shape index (κ1) is 16.3. The van der Waals surface area contributed by atoms with Gasteiger partial charge in [0.15, 0.2) is 0 Å². The summed E-state index contributed by atoms with van der Waals surface area (Å²) in [4.78, 5) is 11.6. The molecule has 1 aromatic carbocycles. The van der Waals surface area contributed by atoms with Crippen LogP contribution in [0.3, 0.4) is 0 Å². The Morgan fingerprint density at radius 2 is 1.80 bits per heavy atom. The normalized spacial score (nSPS) is 10.1. The quantitative estimate of drug-likeness (QED) is 0.646. The van der Waals surface area contributed by atoms with Crippen molar-refractivity contribution in [2.24, 2.45) is 0 Å². The number of carbonyl (C=O) groups is 1. The minimum Gasteiger partial charge on any atom is -0.497 e. The molecule has 112 valence electrons. The lowest BCUT2D eigenvalue weighted by Gasteiger charge is -2.08. The minimum absolute atomic E-state index is 0.0382. The van der Waals surface area contributed by atoms with Crippen molar-refractivity contribution in [2.45, 2.75) is 39.0 Å². The number of hydrogen-bond acceptors (Lipinski definition) is 3. The first-order chi connectivity index (χ1) is 9.76. The molecule has 0 unspecified atom stereocenters. The molecule has 0 spiro atoms. The first-order valence-electron chi connectivity index (χ1n) is 7.41. The summed E-state index contributed by atoms with van der Waals surface area (Å²) >= 11 is 0. The predicted molar refractivity (Wildman–Crippen MR) is 83.3 cm³/mol. The van der Waals surface area contributed by atoms with Crippen LogP contribution < -0.4 is 15.4 Å². The summed E-state index contributed by atoms with van der Waals surface area (Å²) in [5, 5.41) is 6.02. The molecule has 1 aromatic rings. The van der Waals surface area contributed by atoms with Gasteiger partial charge in [-0.15, -0.1) is 0 Å². The van der Waals surface area contributed by atoms with Crippen molar-refractivity contribution in [1.82, 2.24) is 5.32 Å². The number of hydrogen-bond donors (Lipinski definition) is 2. The Morgan fingerprint density at radius 1 is 1.10 bits per heavy atom. The van der Waals surface area contributed by atoms with E-state index in [2.05, 4.69) is 17.6 Å². The fraction of sp³-hybridized carbons (Fsp3) is 0.562. The molecule has 0 radical (unpaired) electrons. The number of nitrogens with one attached hydrogen (secondary N) is 2. The van der Waals surface area contributed by atoms with Gasteiger partial charge in [0.05, 0.1) is 13.7 Å². The summed E-state index contributed by atoms with van der Waals surface area (Å²) in [7, 11) is 1.64. The lowest BCUT2D eigenvalue weighted by molar-refractivity contribution is -0.119. The van der Waals surface area contributed by atoms with E-state index in [1.54, 1.807) is 7.11 Å². The smallest absolute Gasteiger partial charge is 0.239 e. The lowest BCUT2D eigenvalue weighted by Crippen LogP contribution is -2.30. The number of amides is 1. The Hall–Kier alpha value is -1.71. The number of carbonyl (C=O) groups excluding carboxylic acids is 1. The zero-order valence-corrected chi connectivity index (χ0v) is 12.6. The second-order valence-electron chi connectivity index (χ2n) is 4.85. The standard InChI is InChI=1S/C16H26N2O2/c1-3-4-5-6-7-12-17-16(19)13-18-14-8-10-15(20-2)11-9-14/h8-11,18H,3-7,12-13H2,1-2H3,(H,17,19). The topological polar surface area (TPSA) is 50.4 Å². The van der Waals surface area contributed by atoms with Gasteiger partial charge in [-0.3, -0.25) is 4.79 Å². The molecule has 1 amide bonds. The molecule has 0 heterocycles. The van der Waals surface area contributed by atoms with E-state index in [9.17, 15) is 4.79 Å². The maximum atomic E-state index is 11.6. The van der Waals surface area contributed by atoms with Crippen molar-refractivity contribution in [3.05, 3.63) is 24.3 Å². The van der Waals surface area contributed by atoms with Crippen LogP contribution in [0.15, 0.2) is 24.3 Å². The molecule has 20 heavy (non-hydrogen) atoms. The molecule has 0 bridgehead atoms. The summed E-state index contributed by atoms with van der Waals surface area (Å²) < 4.78 is 5.08. The van der Waals surface area contributed by atoms with E-state index < -0.39 is 0 Å². The molecule has 0 atom stereocenters. The maximum absolute atomic E-state index is 11.6. The van der Waals surface area contributed by atoms with E-state index in [0.717, 1.165) is 24.4 Å². The predicted octanol–water partition coefficient (Wildman–Crippen LogP) is 3.19. The van der Waals surface area contributed by atoms with Crippen molar-refractivity contribution in [3.63, 3.8) is 0 Å². The van der Waals surface area contributed by atoms with Crippen molar-refractivity contribution in [2.75, 3.05) is 25.5 Å². The SMILES string of the molecule is CCCCCCCNC(=O)CNc1ccc(OC)cc1. The van der Waals surface area contributed by atoms with E-state index in [-0.39, 0.29) is 5.91 Å². The zero-order chi connectivity index (χ0) is 14.6. The van der Waals surface area contributed by atoms with Crippen LogP contribution in [0.4, 0.5) is 5.69 Å². The number of rotatable bonds is 10. The molecule has 0 saturated heterocycles. The summed E-state index contributed by atoms with van der Waals surface area (Å²) in [5.41, 5.74) is 0.920. The van der Waals surface area contributed by atoms with Crippen LogP contribution in [0.25, 0.3) is 0 Å². The van der Waals surface area contributed by atoms with Crippen LogP contribution >= 0.6 is 0 Å². The van der Waals surface area contributed by atoms with Gasteiger partial charge in [-0.1, -0.05) is 32.6 Å². The van der Waals surface area contributed by atoms with Crippen LogP contribution in [-0.4, -0.2) is 26.1 Å². The number of anilines is 1. The van der Waals surface area contributed by atoms with Crippen LogP contribution in [0.1, 0.15) is 39.0 Å². The molecule has 0 aliphatic heterocycles. The minimum atomic E-state index is 0.0382. The molecule has 0 aromatic heterocycles. The van der Waals surface area contributed by atoms with Gasteiger partial charge in [-0.05, 0) is 30.7 Å². The van der Waals surface area contributed by atoms with E-state index in [1.165, 1.54) is 25.7 Å². The Morgan fingerprint density at radius 3 is 2.45 bits per heavy atom. The molecule has 0 fully saturated rings. The highest BCUT2D eigenvalue weighted by atomic mass is 16.5. The number of ether oxygens (including phenoxy) is 1. The molecule has 0 saturated carbocycles. The monoisotopic (exact) mass is 278 g/mol. The third-order valence-electron chi connectivity index (χ3n) is 3.15. The average molecular weight is 278 g/mol. The van der Waals surface area contributed by atoms with Crippen LogP contribution in [0.5, 0.6) is 5.75 Å². The Balaban J connectivity index is 2.10. The molecule has 4 heteroatoms. The molecule has 4 nitrogen and oxygen atoms in total. The first-order valence-corrected chi connectivity index (χ1v) is 7.41. The molecular weight excluding hydrogens is 252 g/mol. The van der Waals surface area contributed by atoms with E-state index >= 15 is 0 Å². The highest BCUT2D eigenvalue weighted by molar-refractivity contribution is 5.80. The number of methoxy groups -OCH3 is 1. The lowest BCUT2D eigenvalue weighted by atomic mass is 10.1. The third-order valence-corrected chi connectivity index (χ3v) is 3.15. The molecule has 1 rings (SSSR count). The van der Waals surface area contributed by atoms with Gasteiger partial charge in [-0.25, -0.2) is 0 Å². The van der Waals surface area contributed by atoms with Crippen LogP contribution in [0.2, 0.25) is 0 Å². The van der Waals surface area contributed by atoms with Gasteiger partial charge in [0.1, 0.15) is 5.75 Å². The summed E-state index contributed by atoms with van der Waals surface area (Å²) in [6.45, 7) is 3.28. The number of benzene rings is 1. The highest BCUT2D eigenvalue weighted by Gasteiger charge is 2.00. The van der Waals surface area contributed by atoms with Gasteiger partial charge >= 0.3 is 0 Å². The van der Waals surface area contributed by atoms with Gasteiger partial charge in [0.2, 0.25) is 5.91 Å². The van der Waals surface area contributed by atoms with Gasteiger partial charge in [0.25, 0.3) is 0 Å². The van der Waals surface area contributed by atoms with Crippen molar-refractivity contribution in [3.8, 4) is 5.75 Å². The Bertz CT molecular complexity index is 377. The Labute approximate surface area is 121 Å². The second-order valence-corrected chi connectivity index (χ2v) is 4.85. The third kappa shape index (κ3) is 7.02. The van der Waals surface area contributed by atoms with E-state index in [1.807, 2.05) is 24.3 Å². The fourth-order valence-electron chi connectivity index (χ4n) is 1.91. The van der Waals surface area contributed by atoms with Gasteiger partial charge in [-0.2, -0.15) is 0 Å².